The van der Waals surface area contributed by atoms with Crippen molar-refractivity contribution >= 4 is 27.4 Å². The van der Waals surface area contributed by atoms with E-state index >= 15 is 0 Å². The van der Waals surface area contributed by atoms with Crippen molar-refractivity contribution in [1.29, 1.82) is 0 Å². The van der Waals surface area contributed by atoms with Crippen LogP contribution in [0.15, 0.2) is 66.7 Å². The largest absolute Gasteiger partial charge is 0.369 e. The Bertz CT molecular complexity index is 994. The molecule has 4 rings (SSSR count). The van der Waals surface area contributed by atoms with Crippen molar-refractivity contribution in [2.45, 2.75) is 19.8 Å². The Hall–Kier alpha value is -2.72. The van der Waals surface area contributed by atoms with Crippen LogP contribution in [-0.4, -0.2) is 16.5 Å². The number of nitrogens with one attached hydrogen (secondary N) is 1. The smallest absolute Gasteiger partial charge is 0.138 e. The fourth-order valence-corrected chi connectivity index (χ4v) is 3.95. The fourth-order valence-electron chi connectivity index (χ4n) is 3.05. The number of fused-ring (bicyclic) bond motifs is 1. The average Bonchev–Trinajstić information content (AvgIpc) is 3.04. The molecular weight excluding hydrogens is 338 g/mol. The second kappa shape index (κ2) is 7.67. The summed E-state index contributed by atoms with van der Waals surface area (Å²) in [5.74, 6) is 1.81. The highest BCUT2D eigenvalue weighted by atomic mass is 32.1. The zero-order chi connectivity index (χ0) is 17.8. The van der Waals surface area contributed by atoms with Crippen molar-refractivity contribution in [2.75, 3.05) is 11.9 Å². The standard InChI is InChI=1S/C22H21N3S/c1-16-14-19-21(23-13-12-17-8-4-2-5-9-17)24-20(25-22(19)26-16)15-18-10-6-3-7-11-18/h2-11,14H,12-13,15H2,1H3,(H,23,24,25). The van der Waals surface area contributed by atoms with Gasteiger partial charge in [0.25, 0.3) is 0 Å². The molecule has 130 valence electrons. The molecule has 0 aliphatic carbocycles. The van der Waals surface area contributed by atoms with Crippen LogP contribution in [0.25, 0.3) is 10.2 Å². The lowest BCUT2D eigenvalue weighted by molar-refractivity contribution is 0.966. The summed E-state index contributed by atoms with van der Waals surface area (Å²) in [6.07, 6.45) is 1.73. The quantitative estimate of drug-likeness (QED) is 0.511. The Balaban J connectivity index is 1.57. The Kier molecular flexibility index (Phi) is 4.93. The van der Waals surface area contributed by atoms with Crippen LogP contribution in [0.3, 0.4) is 0 Å². The Labute approximate surface area is 157 Å². The topological polar surface area (TPSA) is 37.8 Å². The average molecular weight is 359 g/mol. The molecule has 3 nitrogen and oxygen atoms in total. The summed E-state index contributed by atoms with van der Waals surface area (Å²) in [6.45, 7) is 2.98. The molecule has 4 aromatic rings. The lowest BCUT2D eigenvalue weighted by atomic mass is 10.1. The molecule has 0 saturated carbocycles. The van der Waals surface area contributed by atoms with Gasteiger partial charge in [0.2, 0.25) is 0 Å². The van der Waals surface area contributed by atoms with E-state index in [-0.39, 0.29) is 0 Å². The first-order valence-electron chi connectivity index (χ1n) is 8.87. The zero-order valence-electron chi connectivity index (χ0n) is 14.8. The molecular formula is C22H21N3S. The van der Waals surface area contributed by atoms with Crippen LogP contribution in [0.5, 0.6) is 0 Å². The second-order valence-corrected chi connectivity index (χ2v) is 7.62. The molecule has 1 N–H and O–H groups in total. The van der Waals surface area contributed by atoms with Crippen LogP contribution >= 0.6 is 11.3 Å². The highest BCUT2D eigenvalue weighted by Crippen LogP contribution is 2.29. The first-order chi connectivity index (χ1) is 12.8. The molecule has 0 aliphatic heterocycles. The van der Waals surface area contributed by atoms with Gasteiger partial charge >= 0.3 is 0 Å². The highest BCUT2D eigenvalue weighted by molar-refractivity contribution is 7.18. The summed E-state index contributed by atoms with van der Waals surface area (Å²) in [5, 5.41) is 4.65. The van der Waals surface area contributed by atoms with Gasteiger partial charge in [-0.1, -0.05) is 60.7 Å². The number of anilines is 1. The van der Waals surface area contributed by atoms with Crippen molar-refractivity contribution in [3.05, 3.63) is 88.6 Å². The lowest BCUT2D eigenvalue weighted by Gasteiger charge is -2.09. The van der Waals surface area contributed by atoms with Gasteiger partial charge in [-0.3, -0.25) is 0 Å². The number of nitrogens with zero attached hydrogens (tertiary/aromatic N) is 2. The van der Waals surface area contributed by atoms with E-state index < -0.39 is 0 Å². The minimum Gasteiger partial charge on any atom is -0.369 e. The third kappa shape index (κ3) is 3.92. The van der Waals surface area contributed by atoms with Gasteiger partial charge in [0.1, 0.15) is 16.5 Å². The third-order valence-corrected chi connectivity index (χ3v) is 5.26. The van der Waals surface area contributed by atoms with Gasteiger partial charge in [-0.05, 0) is 30.5 Å². The lowest BCUT2D eigenvalue weighted by Crippen LogP contribution is -2.08. The predicted molar refractivity (Wildman–Crippen MR) is 110 cm³/mol. The SMILES string of the molecule is Cc1cc2c(NCCc3ccccc3)nc(Cc3ccccc3)nc2s1. The Morgan fingerprint density at radius 1 is 0.885 bits per heavy atom. The number of thiophene rings is 1. The summed E-state index contributed by atoms with van der Waals surface area (Å²) < 4.78 is 0. The van der Waals surface area contributed by atoms with Crippen molar-refractivity contribution in [3.8, 4) is 0 Å². The third-order valence-electron chi connectivity index (χ3n) is 4.32. The van der Waals surface area contributed by atoms with Crippen LogP contribution in [0.1, 0.15) is 21.8 Å². The molecule has 0 atom stereocenters. The number of aryl methyl sites for hydroxylation is 1. The number of hydrogen-bond donors (Lipinski definition) is 1. The predicted octanol–water partition coefficient (Wildman–Crippen LogP) is 5.25. The van der Waals surface area contributed by atoms with Gasteiger partial charge < -0.3 is 5.32 Å². The number of aromatic nitrogens is 2. The van der Waals surface area contributed by atoms with Gasteiger partial charge in [0.05, 0.1) is 5.39 Å². The molecule has 26 heavy (non-hydrogen) atoms. The number of hydrogen-bond acceptors (Lipinski definition) is 4. The van der Waals surface area contributed by atoms with E-state index in [0.29, 0.717) is 0 Å². The summed E-state index contributed by atoms with van der Waals surface area (Å²) in [5.41, 5.74) is 2.56. The summed E-state index contributed by atoms with van der Waals surface area (Å²) in [4.78, 5) is 11.9. The summed E-state index contributed by atoms with van der Waals surface area (Å²) in [7, 11) is 0. The molecule has 0 aliphatic rings. The van der Waals surface area contributed by atoms with E-state index in [4.69, 9.17) is 9.97 Å². The van der Waals surface area contributed by atoms with E-state index in [2.05, 4.69) is 72.9 Å². The number of rotatable bonds is 6. The fraction of sp³-hybridized carbons (Fsp3) is 0.182. The first kappa shape index (κ1) is 16.7. The highest BCUT2D eigenvalue weighted by Gasteiger charge is 2.11. The normalized spacial score (nSPS) is 11.0. The van der Waals surface area contributed by atoms with Gasteiger partial charge in [0.15, 0.2) is 0 Å². The monoisotopic (exact) mass is 359 g/mol. The second-order valence-electron chi connectivity index (χ2n) is 6.39. The van der Waals surface area contributed by atoms with E-state index in [1.807, 2.05) is 6.07 Å². The van der Waals surface area contributed by atoms with E-state index in [1.54, 1.807) is 11.3 Å². The molecule has 0 spiro atoms. The minimum atomic E-state index is 0.751. The van der Waals surface area contributed by atoms with Crippen molar-refractivity contribution in [2.24, 2.45) is 0 Å². The van der Waals surface area contributed by atoms with Crippen molar-refractivity contribution < 1.29 is 0 Å². The van der Waals surface area contributed by atoms with Crippen LogP contribution < -0.4 is 5.32 Å². The number of benzene rings is 2. The maximum absolute atomic E-state index is 4.83. The molecule has 0 fully saturated rings. The summed E-state index contributed by atoms with van der Waals surface area (Å²) >= 11 is 1.73. The van der Waals surface area contributed by atoms with Gasteiger partial charge in [-0.15, -0.1) is 11.3 Å². The molecule has 0 unspecified atom stereocenters. The van der Waals surface area contributed by atoms with E-state index in [0.717, 1.165) is 41.2 Å². The van der Waals surface area contributed by atoms with Crippen LogP contribution in [-0.2, 0) is 12.8 Å². The summed E-state index contributed by atoms with van der Waals surface area (Å²) in [6, 6.07) is 23.1. The van der Waals surface area contributed by atoms with Crippen molar-refractivity contribution in [3.63, 3.8) is 0 Å². The van der Waals surface area contributed by atoms with Crippen LogP contribution in [0.2, 0.25) is 0 Å². The molecule has 0 radical (unpaired) electrons. The maximum atomic E-state index is 4.83. The molecule has 4 heteroatoms. The molecule has 0 saturated heterocycles. The van der Waals surface area contributed by atoms with E-state index in [9.17, 15) is 0 Å². The van der Waals surface area contributed by atoms with Gasteiger partial charge in [0, 0.05) is 17.8 Å². The first-order valence-corrected chi connectivity index (χ1v) is 9.68. The van der Waals surface area contributed by atoms with E-state index in [1.165, 1.54) is 16.0 Å². The van der Waals surface area contributed by atoms with Crippen molar-refractivity contribution in [1.82, 2.24) is 9.97 Å². The molecule has 2 heterocycles. The maximum Gasteiger partial charge on any atom is 0.138 e. The molecule has 2 aromatic heterocycles. The molecule has 0 amide bonds. The zero-order valence-corrected chi connectivity index (χ0v) is 15.6. The van der Waals surface area contributed by atoms with Gasteiger partial charge in [-0.25, -0.2) is 9.97 Å². The Morgan fingerprint density at radius 3 is 2.31 bits per heavy atom. The Morgan fingerprint density at radius 2 is 1.58 bits per heavy atom. The molecule has 0 bridgehead atoms. The van der Waals surface area contributed by atoms with Crippen LogP contribution in [0, 0.1) is 6.92 Å². The minimum absolute atomic E-state index is 0.751. The van der Waals surface area contributed by atoms with Gasteiger partial charge in [-0.2, -0.15) is 0 Å². The molecule has 2 aromatic carbocycles. The van der Waals surface area contributed by atoms with Crippen LogP contribution in [0.4, 0.5) is 5.82 Å².